The maximum absolute atomic E-state index is 12.6. The van der Waals surface area contributed by atoms with Gasteiger partial charge in [-0.15, -0.1) is 11.3 Å². The van der Waals surface area contributed by atoms with Gasteiger partial charge >= 0.3 is 6.03 Å². The topological polar surface area (TPSA) is 96.7 Å². The number of rotatable bonds is 6. The number of thiophene rings is 1. The van der Waals surface area contributed by atoms with Gasteiger partial charge in [0.15, 0.2) is 0 Å². The van der Waals surface area contributed by atoms with Crippen molar-refractivity contribution >= 4 is 34.0 Å². The number of amides is 3. The molecular weight excluding hydrogens is 412 g/mol. The molecule has 4 N–H and O–H groups in total. The lowest BCUT2D eigenvalue weighted by Crippen LogP contribution is -2.30. The number of nitrogens with one attached hydrogen (secondary N) is 2. The molecule has 1 aliphatic heterocycles. The smallest absolute Gasteiger partial charge is 0.324 e. The summed E-state index contributed by atoms with van der Waals surface area (Å²) in [5.74, 6) is 0.892. The van der Waals surface area contributed by atoms with E-state index in [1.165, 1.54) is 11.3 Å². The van der Waals surface area contributed by atoms with Crippen LogP contribution in [0.25, 0.3) is 0 Å². The first-order valence-corrected chi connectivity index (χ1v) is 10.9. The van der Waals surface area contributed by atoms with E-state index in [-0.39, 0.29) is 0 Å². The van der Waals surface area contributed by atoms with Gasteiger partial charge in [0.2, 0.25) is 0 Å². The molecule has 0 atom stereocenters. The van der Waals surface area contributed by atoms with E-state index >= 15 is 0 Å². The summed E-state index contributed by atoms with van der Waals surface area (Å²) in [7, 11) is 0. The molecule has 0 fully saturated rings. The minimum Gasteiger partial charge on any atom is -0.457 e. The summed E-state index contributed by atoms with van der Waals surface area (Å²) in [5.41, 5.74) is 7.62. The summed E-state index contributed by atoms with van der Waals surface area (Å²) in [4.78, 5) is 28.0. The molecule has 8 heteroatoms. The fraction of sp³-hybridized carbons (Fsp3) is 0.217. The highest BCUT2D eigenvalue weighted by Gasteiger charge is 2.27. The first-order chi connectivity index (χ1) is 15.0. The van der Waals surface area contributed by atoms with Gasteiger partial charge in [-0.1, -0.05) is 25.1 Å². The summed E-state index contributed by atoms with van der Waals surface area (Å²) in [6, 6.07) is 16.1. The number of urea groups is 1. The first-order valence-electron chi connectivity index (χ1n) is 10.1. The highest BCUT2D eigenvalue weighted by Crippen LogP contribution is 2.37. The van der Waals surface area contributed by atoms with Crippen molar-refractivity contribution in [3.63, 3.8) is 0 Å². The maximum atomic E-state index is 12.6. The molecule has 0 aliphatic carbocycles. The highest BCUT2D eigenvalue weighted by atomic mass is 32.1. The molecule has 0 unspecified atom stereocenters. The van der Waals surface area contributed by atoms with Gasteiger partial charge in [-0.3, -0.25) is 15.0 Å². The normalized spacial score (nSPS) is 13.3. The number of carbonyl (C=O) groups excluding carboxylic acids is 2. The zero-order valence-electron chi connectivity index (χ0n) is 17.2. The van der Waals surface area contributed by atoms with Gasteiger partial charge in [-0.05, 0) is 54.9 Å². The third-order valence-electron chi connectivity index (χ3n) is 5.15. The van der Waals surface area contributed by atoms with Crippen LogP contribution >= 0.6 is 11.3 Å². The Kier molecular flexibility index (Phi) is 6.20. The molecule has 160 valence electrons. The lowest BCUT2D eigenvalue weighted by molar-refractivity contribution is 0.1000. The maximum Gasteiger partial charge on any atom is 0.324 e. The number of anilines is 2. The average Bonchev–Trinajstić information content (AvgIpc) is 3.12. The van der Waals surface area contributed by atoms with E-state index in [1.54, 1.807) is 24.3 Å². The largest absolute Gasteiger partial charge is 0.457 e. The number of hydrogen-bond donors (Lipinski definition) is 3. The summed E-state index contributed by atoms with van der Waals surface area (Å²) in [5, 5.41) is 6.09. The molecule has 2 heterocycles. The molecule has 1 aromatic heterocycles. The molecule has 4 rings (SSSR count). The van der Waals surface area contributed by atoms with E-state index in [1.807, 2.05) is 30.3 Å². The molecule has 0 saturated heterocycles. The van der Waals surface area contributed by atoms with Crippen molar-refractivity contribution in [2.24, 2.45) is 5.73 Å². The number of carbonyl (C=O) groups is 2. The summed E-state index contributed by atoms with van der Waals surface area (Å²) < 4.78 is 5.76. The van der Waals surface area contributed by atoms with E-state index in [4.69, 9.17) is 10.5 Å². The first kappa shape index (κ1) is 20.9. The van der Waals surface area contributed by atoms with Gasteiger partial charge in [0, 0.05) is 23.7 Å². The zero-order chi connectivity index (χ0) is 21.8. The van der Waals surface area contributed by atoms with Crippen molar-refractivity contribution in [1.82, 2.24) is 4.90 Å². The lowest BCUT2D eigenvalue weighted by Gasteiger charge is -2.25. The van der Waals surface area contributed by atoms with Crippen LogP contribution in [-0.2, 0) is 13.0 Å². The van der Waals surface area contributed by atoms with Gasteiger partial charge in [0.25, 0.3) is 5.91 Å². The second-order valence-electron chi connectivity index (χ2n) is 7.21. The van der Waals surface area contributed by atoms with Gasteiger partial charge in [0.1, 0.15) is 16.5 Å². The molecule has 3 amide bonds. The highest BCUT2D eigenvalue weighted by molar-refractivity contribution is 7.17. The summed E-state index contributed by atoms with van der Waals surface area (Å²) in [6.07, 6.45) is 0.754. The lowest BCUT2D eigenvalue weighted by atomic mass is 10.0. The van der Waals surface area contributed by atoms with Crippen LogP contribution in [0.3, 0.4) is 0 Å². The fourth-order valence-corrected chi connectivity index (χ4v) is 4.86. The van der Waals surface area contributed by atoms with E-state index in [9.17, 15) is 9.59 Å². The van der Waals surface area contributed by atoms with E-state index in [2.05, 4.69) is 22.5 Å². The SMILES string of the molecule is CCN1CCc2c(sc(NC(=O)Nc3ccc(Oc4ccccc4)cc3)c2C(N)=O)C1. The summed E-state index contributed by atoms with van der Waals surface area (Å²) >= 11 is 1.42. The van der Waals surface area contributed by atoms with Crippen LogP contribution in [-0.4, -0.2) is 29.9 Å². The van der Waals surface area contributed by atoms with Crippen LogP contribution in [0, 0.1) is 0 Å². The number of primary amides is 1. The molecule has 1 aliphatic rings. The van der Waals surface area contributed by atoms with Gasteiger partial charge in [0.05, 0.1) is 5.56 Å². The Morgan fingerprint density at radius 3 is 2.45 bits per heavy atom. The zero-order valence-corrected chi connectivity index (χ0v) is 18.0. The number of nitrogens with zero attached hydrogens (tertiary/aromatic N) is 1. The quantitative estimate of drug-likeness (QED) is 0.523. The molecule has 2 aromatic carbocycles. The van der Waals surface area contributed by atoms with Crippen molar-refractivity contribution in [2.75, 3.05) is 23.7 Å². The number of para-hydroxylation sites is 1. The molecule has 3 aromatic rings. The third-order valence-corrected chi connectivity index (χ3v) is 6.28. The van der Waals surface area contributed by atoms with Crippen LogP contribution in [0.4, 0.5) is 15.5 Å². The fourth-order valence-electron chi connectivity index (χ4n) is 3.57. The van der Waals surface area contributed by atoms with Gasteiger partial charge < -0.3 is 15.8 Å². The molecule has 0 radical (unpaired) electrons. The van der Waals surface area contributed by atoms with Crippen LogP contribution in [0.15, 0.2) is 54.6 Å². The number of likely N-dealkylation sites (N-methyl/N-ethyl adjacent to an activating group) is 1. The monoisotopic (exact) mass is 436 g/mol. The second kappa shape index (κ2) is 9.20. The number of hydrogen-bond acceptors (Lipinski definition) is 5. The van der Waals surface area contributed by atoms with E-state index < -0.39 is 11.9 Å². The van der Waals surface area contributed by atoms with Crippen molar-refractivity contribution in [3.8, 4) is 11.5 Å². The summed E-state index contributed by atoms with van der Waals surface area (Å²) in [6.45, 7) is 4.69. The van der Waals surface area contributed by atoms with Gasteiger partial charge in [-0.25, -0.2) is 4.79 Å². The van der Waals surface area contributed by atoms with Crippen molar-refractivity contribution in [2.45, 2.75) is 19.9 Å². The van der Waals surface area contributed by atoms with Crippen molar-refractivity contribution < 1.29 is 14.3 Å². The van der Waals surface area contributed by atoms with Crippen LogP contribution in [0.5, 0.6) is 11.5 Å². The van der Waals surface area contributed by atoms with Crippen molar-refractivity contribution in [3.05, 3.63) is 70.6 Å². The molecule has 7 nitrogen and oxygen atoms in total. The molecule has 31 heavy (non-hydrogen) atoms. The predicted molar refractivity (Wildman–Crippen MR) is 123 cm³/mol. The molecular formula is C23H24N4O3S. The van der Waals surface area contributed by atoms with Crippen LogP contribution < -0.4 is 21.1 Å². The predicted octanol–water partition coefficient (Wildman–Crippen LogP) is 4.66. The Bertz CT molecular complexity index is 1080. The molecule has 0 bridgehead atoms. The number of nitrogens with two attached hydrogens (primary N) is 1. The van der Waals surface area contributed by atoms with E-state index in [0.717, 1.165) is 42.2 Å². The standard InChI is InChI=1S/C23H24N4O3S/c1-2-27-13-12-18-19(14-27)31-22(20(18)21(24)28)26-23(29)25-15-8-10-17(11-9-15)30-16-6-4-3-5-7-16/h3-11H,2,12-14H2,1H3,(H2,24,28)(H2,25,26,29). The minimum atomic E-state index is -0.514. The molecule has 0 spiro atoms. The number of benzene rings is 2. The minimum absolute atomic E-state index is 0.426. The second-order valence-corrected chi connectivity index (χ2v) is 8.31. The number of ether oxygens (including phenoxy) is 1. The Labute approximate surface area is 184 Å². The third kappa shape index (κ3) is 4.87. The Hall–Kier alpha value is -3.36. The van der Waals surface area contributed by atoms with E-state index in [0.29, 0.717) is 22.0 Å². The Balaban J connectivity index is 1.43. The van der Waals surface area contributed by atoms with Crippen LogP contribution in [0.1, 0.15) is 27.7 Å². The Morgan fingerprint density at radius 1 is 1.06 bits per heavy atom. The Morgan fingerprint density at radius 2 is 1.77 bits per heavy atom. The average molecular weight is 437 g/mol. The van der Waals surface area contributed by atoms with Gasteiger partial charge in [-0.2, -0.15) is 0 Å². The van der Waals surface area contributed by atoms with Crippen molar-refractivity contribution in [1.29, 1.82) is 0 Å². The molecule has 0 saturated carbocycles. The number of fused-ring (bicyclic) bond motifs is 1. The van der Waals surface area contributed by atoms with Crippen LogP contribution in [0.2, 0.25) is 0 Å².